The van der Waals surface area contributed by atoms with E-state index >= 15 is 0 Å². The number of allylic oxidation sites excluding steroid dienone is 1. The van der Waals surface area contributed by atoms with E-state index in [1.54, 1.807) is 10.7 Å². The molecule has 2 bridgehead atoms. The average Bonchev–Trinajstić information content (AvgIpc) is 3.66. The maximum atomic E-state index is 13.2. The number of rotatable bonds is 4. The Hall–Kier alpha value is -3.92. The van der Waals surface area contributed by atoms with Gasteiger partial charge in [-0.1, -0.05) is 12.1 Å². The van der Waals surface area contributed by atoms with Crippen LogP contribution in [0.15, 0.2) is 41.7 Å². The van der Waals surface area contributed by atoms with Crippen LogP contribution in [0.1, 0.15) is 59.8 Å². The molecule has 4 aliphatic rings. The molecule has 3 aromatic heterocycles. The SMILES string of the molecule is O=C1CCNc2c1c(C1CC3CCC(C1)N3C(=O)CO)nc1c(-c3ccc(C4=NCC=C4)nc3)cnn21. The summed E-state index contributed by atoms with van der Waals surface area (Å²) >= 11 is 0. The molecular weight excluding hydrogens is 470 g/mol. The van der Waals surface area contributed by atoms with Crippen LogP contribution in [-0.4, -0.2) is 78.8 Å². The number of piperidine rings is 1. The van der Waals surface area contributed by atoms with Gasteiger partial charge in [-0.05, 0) is 37.8 Å². The Labute approximate surface area is 213 Å². The second-order valence-electron chi connectivity index (χ2n) is 10.2. The number of ketones is 1. The highest BCUT2D eigenvalue weighted by molar-refractivity contribution is 6.08. The lowest BCUT2D eigenvalue weighted by Crippen LogP contribution is -2.47. The lowest BCUT2D eigenvalue weighted by molar-refractivity contribution is -0.138. The fourth-order valence-electron chi connectivity index (χ4n) is 6.50. The number of aliphatic hydroxyl groups is 1. The standard InChI is InChI=1S/C27H27N7O3/c35-14-23(37)33-17-4-5-18(33)11-16(10-17)25-24-22(36)7-9-29-27(24)34-26(32-25)19(13-31-34)15-3-6-21(30-12-15)20-2-1-8-28-20/h1-3,6,12-13,16-18,29,35H,4-5,7-11,14H2. The number of aliphatic imine (C=N–C) groups is 1. The van der Waals surface area contributed by atoms with E-state index in [0.717, 1.165) is 53.9 Å². The Morgan fingerprint density at radius 1 is 1.16 bits per heavy atom. The lowest BCUT2D eigenvalue weighted by atomic mass is 9.84. The van der Waals surface area contributed by atoms with E-state index in [1.165, 1.54) is 0 Å². The highest BCUT2D eigenvalue weighted by atomic mass is 16.3. The Bertz CT molecular complexity index is 1480. The minimum Gasteiger partial charge on any atom is -0.387 e. The van der Waals surface area contributed by atoms with Gasteiger partial charge in [-0.25, -0.2) is 4.98 Å². The predicted octanol–water partition coefficient (Wildman–Crippen LogP) is 2.38. The third kappa shape index (κ3) is 3.50. The number of anilines is 1. The molecule has 3 aromatic rings. The van der Waals surface area contributed by atoms with Crippen molar-refractivity contribution in [3.05, 3.63) is 53.6 Å². The van der Waals surface area contributed by atoms with Crippen LogP contribution in [0.2, 0.25) is 0 Å². The number of carbonyl (C=O) groups excluding carboxylic acids is 2. The Morgan fingerprint density at radius 2 is 2.00 bits per heavy atom. The van der Waals surface area contributed by atoms with Crippen LogP contribution in [0.4, 0.5) is 5.82 Å². The Balaban J connectivity index is 1.31. The Kier molecular flexibility index (Phi) is 5.17. The molecule has 0 saturated carbocycles. The first-order valence-electron chi connectivity index (χ1n) is 12.9. The summed E-state index contributed by atoms with van der Waals surface area (Å²) < 4.78 is 1.74. The molecule has 2 unspecified atom stereocenters. The van der Waals surface area contributed by atoms with Gasteiger partial charge in [-0.2, -0.15) is 9.61 Å². The quantitative estimate of drug-likeness (QED) is 0.567. The number of nitrogens with one attached hydrogen (secondary N) is 1. The van der Waals surface area contributed by atoms with Crippen LogP contribution < -0.4 is 5.32 Å². The molecule has 188 valence electrons. The van der Waals surface area contributed by atoms with E-state index < -0.39 is 6.61 Å². The van der Waals surface area contributed by atoms with E-state index in [1.807, 2.05) is 35.4 Å². The van der Waals surface area contributed by atoms with Gasteiger partial charge in [0, 0.05) is 48.3 Å². The molecule has 10 nitrogen and oxygen atoms in total. The number of amides is 1. The van der Waals surface area contributed by atoms with E-state index in [2.05, 4.69) is 20.4 Å². The van der Waals surface area contributed by atoms with E-state index in [9.17, 15) is 14.7 Å². The average molecular weight is 498 g/mol. The summed E-state index contributed by atoms with van der Waals surface area (Å²) in [7, 11) is 0. The van der Waals surface area contributed by atoms with Gasteiger partial charge < -0.3 is 15.3 Å². The van der Waals surface area contributed by atoms with Crippen LogP contribution in [0.3, 0.4) is 0 Å². The zero-order valence-electron chi connectivity index (χ0n) is 20.3. The summed E-state index contributed by atoms with van der Waals surface area (Å²) in [6.07, 6.45) is 11.3. The van der Waals surface area contributed by atoms with Gasteiger partial charge in [0.25, 0.3) is 0 Å². The Morgan fingerprint density at radius 3 is 2.70 bits per heavy atom. The predicted molar refractivity (Wildman–Crippen MR) is 137 cm³/mol. The van der Waals surface area contributed by atoms with E-state index in [4.69, 9.17) is 4.98 Å². The smallest absolute Gasteiger partial charge is 0.248 e. The van der Waals surface area contributed by atoms with E-state index in [-0.39, 0.29) is 29.7 Å². The van der Waals surface area contributed by atoms with Crippen LogP contribution in [0.5, 0.6) is 0 Å². The molecule has 0 aliphatic carbocycles. The zero-order valence-corrected chi connectivity index (χ0v) is 20.3. The van der Waals surface area contributed by atoms with Crippen molar-refractivity contribution in [3.63, 3.8) is 0 Å². The summed E-state index contributed by atoms with van der Waals surface area (Å²) in [5.41, 5.74) is 5.55. The van der Waals surface area contributed by atoms with Gasteiger partial charge in [0.2, 0.25) is 5.91 Å². The monoisotopic (exact) mass is 497 g/mol. The van der Waals surface area contributed by atoms with Crippen molar-refractivity contribution < 1.29 is 14.7 Å². The second-order valence-corrected chi connectivity index (χ2v) is 10.2. The molecule has 7 heterocycles. The molecular formula is C27H27N7O3. The number of pyridine rings is 1. The van der Waals surface area contributed by atoms with Crippen molar-refractivity contribution in [1.82, 2.24) is 24.5 Å². The molecule has 37 heavy (non-hydrogen) atoms. The molecule has 7 rings (SSSR count). The number of hydrogen-bond acceptors (Lipinski definition) is 8. The minimum absolute atomic E-state index is 0.0539. The molecule has 2 fully saturated rings. The molecule has 0 aromatic carbocycles. The number of fused-ring (bicyclic) bond motifs is 5. The highest BCUT2D eigenvalue weighted by Crippen LogP contribution is 2.45. The summed E-state index contributed by atoms with van der Waals surface area (Å²) in [4.78, 5) is 41.6. The topological polar surface area (TPSA) is 125 Å². The minimum atomic E-state index is -0.463. The van der Waals surface area contributed by atoms with Crippen LogP contribution >= 0.6 is 0 Å². The van der Waals surface area contributed by atoms with Gasteiger partial charge in [-0.3, -0.25) is 19.6 Å². The molecule has 4 aliphatic heterocycles. The molecule has 0 spiro atoms. The summed E-state index contributed by atoms with van der Waals surface area (Å²) in [6.45, 7) is 0.778. The number of carbonyl (C=O) groups is 2. The van der Waals surface area contributed by atoms with Gasteiger partial charge in [0.15, 0.2) is 11.4 Å². The zero-order chi connectivity index (χ0) is 25.1. The first kappa shape index (κ1) is 22.3. The van der Waals surface area contributed by atoms with Crippen molar-refractivity contribution in [3.8, 4) is 11.1 Å². The maximum absolute atomic E-state index is 13.2. The van der Waals surface area contributed by atoms with Crippen molar-refractivity contribution in [1.29, 1.82) is 0 Å². The van der Waals surface area contributed by atoms with Crippen molar-refractivity contribution >= 4 is 28.9 Å². The van der Waals surface area contributed by atoms with Gasteiger partial charge in [0.05, 0.1) is 35.4 Å². The normalized spacial score (nSPS) is 24.4. The second kappa shape index (κ2) is 8.58. The first-order chi connectivity index (χ1) is 18.1. The number of Topliss-reactive ketones (excluding diaryl/α,β-unsaturated/α-hetero) is 1. The summed E-state index contributed by atoms with van der Waals surface area (Å²) in [6, 6.07) is 4.10. The first-order valence-corrected chi connectivity index (χ1v) is 12.9. The third-order valence-corrected chi connectivity index (χ3v) is 8.12. The highest BCUT2D eigenvalue weighted by Gasteiger charge is 2.45. The molecule has 10 heteroatoms. The number of nitrogens with zero attached hydrogens (tertiary/aromatic N) is 6. The van der Waals surface area contributed by atoms with Gasteiger partial charge in [0.1, 0.15) is 12.4 Å². The van der Waals surface area contributed by atoms with Crippen molar-refractivity contribution in [2.75, 3.05) is 25.0 Å². The third-order valence-electron chi connectivity index (χ3n) is 8.12. The number of aliphatic hydroxyl groups excluding tert-OH is 1. The molecule has 0 radical (unpaired) electrons. The van der Waals surface area contributed by atoms with Crippen molar-refractivity contribution in [2.24, 2.45) is 4.99 Å². The van der Waals surface area contributed by atoms with E-state index in [0.29, 0.717) is 36.5 Å². The van der Waals surface area contributed by atoms with Gasteiger partial charge in [-0.15, -0.1) is 0 Å². The van der Waals surface area contributed by atoms with Crippen molar-refractivity contribution in [2.45, 2.75) is 50.1 Å². The molecule has 1 amide bonds. The van der Waals surface area contributed by atoms with Crippen LogP contribution in [0.25, 0.3) is 16.8 Å². The maximum Gasteiger partial charge on any atom is 0.248 e. The number of aromatic nitrogens is 4. The molecule has 2 N–H and O–H groups in total. The summed E-state index contributed by atoms with van der Waals surface area (Å²) in [5.74, 6) is 0.618. The lowest BCUT2D eigenvalue weighted by Gasteiger charge is -2.39. The number of hydrogen-bond donors (Lipinski definition) is 2. The fourth-order valence-corrected chi connectivity index (χ4v) is 6.50. The van der Waals surface area contributed by atoms with Gasteiger partial charge >= 0.3 is 0 Å². The molecule has 2 atom stereocenters. The summed E-state index contributed by atoms with van der Waals surface area (Å²) in [5, 5.41) is 17.5. The fraction of sp³-hybridized carbons (Fsp3) is 0.407. The largest absolute Gasteiger partial charge is 0.387 e. The van der Waals surface area contributed by atoms with Crippen LogP contribution in [-0.2, 0) is 4.79 Å². The van der Waals surface area contributed by atoms with Crippen LogP contribution in [0, 0.1) is 0 Å². The molecule has 2 saturated heterocycles.